The van der Waals surface area contributed by atoms with E-state index in [2.05, 4.69) is 4.99 Å². The summed E-state index contributed by atoms with van der Waals surface area (Å²) in [6.07, 6.45) is 1.61. The predicted octanol–water partition coefficient (Wildman–Crippen LogP) is 3.35. The summed E-state index contributed by atoms with van der Waals surface area (Å²) in [5.41, 5.74) is 1.21. The fourth-order valence-electron chi connectivity index (χ4n) is 1.83. The van der Waals surface area contributed by atoms with Crippen LogP contribution in [-0.2, 0) is 10.0 Å². The van der Waals surface area contributed by atoms with E-state index < -0.39 is 10.0 Å². The Morgan fingerprint density at radius 3 is 2.57 bits per heavy atom. The first-order valence-corrected chi connectivity index (χ1v) is 8.56. The number of ether oxygens (including phenoxy) is 1. The summed E-state index contributed by atoms with van der Waals surface area (Å²) < 4.78 is 30.6. The minimum Gasteiger partial charge on any atom is -0.497 e. The molecule has 122 valence electrons. The van der Waals surface area contributed by atoms with E-state index in [0.29, 0.717) is 16.5 Å². The number of halogens is 1. The van der Waals surface area contributed by atoms with Crippen molar-refractivity contribution in [2.45, 2.75) is 4.90 Å². The normalized spacial score (nSPS) is 12.0. The number of aliphatic imine (C=N–C) groups is 1. The quantitative estimate of drug-likeness (QED) is 0.775. The Bertz CT molecular complexity index is 833. The monoisotopic (exact) mass is 352 g/mol. The van der Waals surface area contributed by atoms with E-state index in [-0.39, 0.29) is 4.90 Å². The van der Waals surface area contributed by atoms with Crippen LogP contribution in [0.15, 0.2) is 52.4 Å². The SMILES string of the molecule is COc1cccc(C=Nc2cc(S(=O)(=O)N(C)C)ccc2Cl)c1. The molecule has 0 aromatic heterocycles. The van der Waals surface area contributed by atoms with Gasteiger partial charge >= 0.3 is 0 Å². The van der Waals surface area contributed by atoms with Gasteiger partial charge in [-0.15, -0.1) is 0 Å². The van der Waals surface area contributed by atoms with Gasteiger partial charge in [-0.1, -0.05) is 23.7 Å². The van der Waals surface area contributed by atoms with Gasteiger partial charge in [0.05, 0.1) is 22.7 Å². The number of nitrogens with zero attached hydrogens (tertiary/aromatic N) is 2. The van der Waals surface area contributed by atoms with E-state index in [0.717, 1.165) is 9.87 Å². The summed E-state index contributed by atoms with van der Waals surface area (Å²) in [4.78, 5) is 4.43. The summed E-state index contributed by atoms with van der Waals surface area (Å²) in [6.45, 7) is 0. The second-order valence-corrected chi connectivity index (χ2v) is 7.49. The van der Waals surface area contributed by atoms with Crippen LogP contribution in [-0.4, -0.2) is 40.1 Å². The van der Waals surface area contributed by atoms with E-state index in [1.807, 2.05) is 24.3 Å². The third-order valence-electron chi connectivity index (χ3n) is 3.14. The number of rotatable bonds is 5. The Balaban J connectivity index is 2.38. The van der Waals surface area contributed by atoms with Gasteiger partial charge in [0, 0.05) is 20.3 Å². The molecular weight excluding hydrogens is 336 g/mol. The minimum atomic E-state index is -3.53. The first-order chi connectivity index (χ1) is 10.8. The van der Waals surface area contributed by atoms with Gasteiger partial charge in [0.15, 0.2) is 0 Å². The second kappa shape index (κ2) is 7.12. The van der Waals surface area contributed by atoms with Gasteiger partial charge in [-0.25, -0.2) is 12.7 Å². The standard InChI is InChI=1S/C16H17ClN2O3S/c1-19(2)23(20,21)14-7-8-15(17)16(10-14)18-11-12-5-4-6-13(9-12)22-3/h4-11H,1-3H3. The topological polar surface area (TPSA) is 59.0 Å². The van der Waals surface area contributed by atoms with E-state index in [9.17, 15) is 8.42 Å². The average molecular weight is 353 g/mol. The van der Waals surface area contributed by atoms with Gasteiger partial charge in [-0.2, -0.15) is 0 Å². The van der Waals surface area contributed by atoms with Gasteiger partial charge in [-0.3, -0.25) is 4.99 Å². The molecule has 0 heterocycles. The lowest BCUT2D eigenvalue weighted by Gasteiger charge is -2.12. The van der Waals surface area contributed by atoms with Crippen LogP contribution in [0.4, 0.5) is 5.69 Å². The third kappa shape index (κ3) is 4.10. The average Bonchev–Trinajstić information content (AvgIpc) is 2.54. The lowest BCUT2D eigenvalue weighted by atomic mass is 10.2. The van der Waals surface area contributed by atoms with Crippen LogP contribution < -0.4 is 4.74 Å². The summed E-state index contributed by atoms with van der Waals surface area (Å²) in [5, 5.41) is 0.377. The summed E-state index contributed by atoms with van der Waals surface area (Å²) in [7, 11) is 1.01. The van der Waals surface area contributed by atoms with Crippen molar-refractivity contribution in [3.05, 3.63) is 53.1 Å². The van der Waals surface area contributed by atoms with Gasteiger partial charge < -0.3 is 4.74 Å². The fourth-order valence-corrected chi connectivity index (χ4v) is 2.92. The zero-order valence-electron chi connectivity index (χ0n) is 13.0. The molecule has 2 aromatic rings. The molecule has 2 aromatic carbocycles. The molecule has 0 aliphatic rings. The number of benzene rings is 2. The third-order valence-corrected chi connectivity index (χ3v) is 5.27. The molecule has 0 amide bonds. The van der Waals surface area contributed by atoms with Crippen molar-refractivity contribution < 1.29 is 13.2 Å². The maximum atomic E-state index is 12.2. The Hall–Kier alpha value is -1.89. The van der Waals surface area contributed by atoms with Crippen LogP contribution >= 0.6 is 11.6 Å². The molecule has 0 radical (unpaired) electrons. The van der Waals surface area contributed by atoms with E-state index >= 15 is 0 Å². The largest absolute Gasteiger partial charge is 0.497 e. The smallest absolute Gasteiger partial charge is 0.242 e. The highest BCUT2D eigenvalue weighted by Gasteiger charge is 2.18. The number of methoxy groups -OCH3 is 1. The molecule has 0 aliphatic carbocycles. The van der Waals surface area contributed by atoms with E-state index in [1.165, 1.54) is 32.3 Å². The van der Waals surface area contributed by atoms with E-state index in [1.54, 1.807) is 13.3 Å². The van der Waals surface area contributed by atoms with Gasteiger partial charge in [0.25, 0.3) is 0 Å². The zero-order chi connectivity index (χ0) is 17.0. The number of hydrogen-bond donors (Lipinski definition) is 0. The van der Waals surface area contributed by atoms with E-state index in [4.69, 9.17) is 16.3 Å². The van der Waals surface area contributed by atoms with Gasteiger partial charge in [-0.05, 0) is 35.9 Å². The van der Waals surface area contributed by atoms with Gasteiger partial charge in [0.2, 0.25) is 10.0 Å². The van der Waals surface area contributed by atoms with Crippen molar-refractivity contribution in [3.8, 4) is 5.75 Å². The molecule has 5 nitrogen and oxygen atoms in total. The summed E-state index contributed by atoms with van der Waals surface area (Å²) >= 11 is 6.10. The molecule has 0 atom stereocenters. The molecule has 0 unspecified atom stereocenters. The maximum absolute atomic E-state index is 12.2. The lowest BCUT2D eigenvalue weighted by molar-refractivity contribution is 0.415. The highest BCUT2D eigenvalue weighted by molar-refractivity contribution is 7.89. The highest BCUT2D eigenvalue weighted by atomic mass is 35.5. The summed E-state index contributed by atoms with van der Waals surface area (Å²) in [5.74, 6) is 0.712. The predicted molar refractivity (Wildman–Crippen MR) is 92.6 cm³/mol. The Labute approximate surface area is 141 Å². The minimum absolute atomic E-state index is 0.143. The number of hydrogen-bond acceptors (Lipinski definition) is 4. The molecule has 23 heavy (non-hydrogen) atoms. The van der Waals surface area contributed by atoms with Crippen LogP contribution in [0.5, 0.6) is 5.75 Å². The summed E-state index contributed by atoms with van der Waals surface area (Å²) in [6, 6.07) is 11.8. The van der Waals surface area contributed by atoms with Crippen LogP contribution in [0.2, 0.25) is 5.02 Å². The Kier molecular flexibility index (Phi) is 5.41. The Morgan fingerprint density at radius 2 is 1.91 bits per heavy atom. The van der Waals surface area contributed by atoms with Crippen molar-refractivity contribution in [1.29, 1.82) is 0 Å². The molecular formula is C16H17ClN2O3S. The van der Waals surface area contributed by atoms with Crippen LogP contribution in [0, 0.1) is 0 Å². The van der Waals surface area contributed by atoms with Crippen molar-refractivity contribution >= 4 is 33.5 Å². The van der Waals surface area contributed by atoms with Crippen LogP contribution in [0.3, 0.4) is 0 Å². The molecule has 0 bridgehead atoms. The molecule has 0 fully saturated rings. The first-order valence-electron chi connectivity index (χ1n) is 6.75. The fraction of sp³-hybridized carbons (Fsp3) is 0.188. The van der Waals surface area contributed by atoms with Crippen LogP contribution in [0.25, 0.3) is 0 Å². The van der Waals surface area contributed by atoms with Crippen molar-refractivity contribution in [2.75, 3.05) is 21.2 Å². The Morgan fingerprint density at radius 1 is 1.17 bits per heavy atom. The first kappa shape index (κ1) is 17.5. The van der Waals surface area contributed by atoms with Gasteiger partial charge in [0.1, 0.15) is 5.75 Å². The lowest BCUT2D eigenvalue weighted by Crippen LogP contribution is -2.22. The zero-order valence-corrected chi connectivity index (χ0v) is 14.6. The van der Waals surface area contributed by atoms with Crippen molar-refractivity contribution in [2.24, 2.45) is 4.99 Å². The highest BCUT2D eigenvalue weighted by Crippen LogP contribution is 2.28. The second-order valence-electron chi connectivity index (χ2n) is 4.94. The van der Waals surface area contributed by atoms with Crippen molar-refractivity contribution in [3.63, 3.8) is 0 Å². The molecule has 0 saturated heterocycles. The maximum Gasteiger partial charge on any atom is 0.242 e. The molecule has 2 rings (SSSR count). The molecule has 0 spiro atoms. The van der Waals surface area contributed by atoms with Crippen molar-refractivity contribution in [1.82, 2.24) is 4.31 Å². The van der Waals surface area contributed by atoms with Crippen LogP contribution in [0.1, 0.15) is 5.56 Å². The molecule has 0 aliphatic heterocycles. The molecule has 0 N–H and O–H groups in total. The number of sulfonamides is 1. The molecule has 0 saturated carbocycles. The molecule has 7 heteroatoms.